The number of thioether (sulfide) groups is 2. The molecule has 0 aliphatic heterocycles. The lowest BCUT2D eigenvalue weighted by Crippen LogP contribution is -2.37. The first-order chi connectivity index (χ1) is 7.68. The summed E-state index contributed by atoms with van der Waals surface area (Å²) in [6.07, 6.45) is -5.34. The molecule has 0 nitrogen and oxygen atoms in total. The van der Waals surface area contributed by atoms with Gasteiger partial charge in [0.15, 0.2) is 5.83 Å². The van der Waals surface area contributed by atoms with Gasteiger partial charge in [0.05, 0.1) is 4.24 Å². The summed E-state index contributed by atoms with van der Waals surface area (Å²) in [5.41, 5.74) is 0. The monoisotopic (exact) mass is 298 g/mol. The molecule has 8 heteroatoms. The fourth-order valence-electron chi connectivity index (χ4n) is 0.747. The molecule has 0 radical (unpaired) electrons. The number of alkyl halides is 5. The van der Waals surface area contributed by atoms with Crippen LogP contribution in [0.4, 0.5) is 26.3 Å². The van der Waals surface area contributed by atoms with Crippen molar-refractivity contribution in [2.45, 2.75) is 32.4 Å². The number of hydrogen-bond donors (Lipinski definition) is 0. The van der Waals surface area contributed by atoms with Crippen LogP contribution in [0.3, 0.4) is 0 Å². The molecule has 0 rings (SSSR count). The van der Waals surface area contributed by atoms with Gasteiger partial charge >= 0.3 is 12.1 Å². The van der Waals surface area contributed by atoms with Crippen LogP contribution in [0.2, 0.25) is 0 Å². The Balaban J connectivity index is 5.16. The van der Waals surface area contributed by atoms with E-state index in [-0.39, 0.29) is 5.75 Å². The van der Waals surface area contributed by atoms with Gasteiger partial charge in [0, 0.05) is 0 Å². The van der Waals surface area contributed by atoms with Gasteiger partial charge in [0.1, 0.15) is 0 Å². The molecule has 0 atom stereocenters. The lowest BCUT2D eigenvalue weighted by molar-refractivity contribution is -0.270. The van der Waals surface area contributed by atoms with Crippen LogP contribution in [0.25, 0.3) is 0 Å². The highest BCUT2D eigenvalue weighted by Crippen LogP contribution is 2.47. The van der Waals surface area contributed by atoms with Gasteiger partial charge in [-0.2, -0.15) is 22.0 Å². The van der Waals surface area contributed by atoms with Crippen LogP contribution in [0.1, 0.15) is 20.3 Å². The zero-order valence-electron chi connectivity index (χ0n) is 9.21. The van der Waals surface area contributed by atoms with Crippen LogP contribution >= 0.6 is 23.5 Å². The molecule has 0 unspecified atom stereocenters. The third-order valence-corrected chi connectivity index (χ3v) is 4.01. The molecule has 0 N–H and O–H groups in total. The molecule has 0 aromatic rings. The van der Waals surface area contributed by atoms with Crippen molar-refractivity contribution in [3.63, 3.8) is 0 Å². The Bertz CT molecular complexity index is 271. The normalized spacial score (nSPS) is 14.8. The van der Waals surface area contributed by atoms with Crippen LogP contribution < -0.4 is 0 Å². The van der Waals surface area contributed by atoms with Crippen molar-refractivity contribution >= 4 is 23.5 Å². The maximum Gasteiger partial charge on any atom is 0.460 e. The summed E-state index contributed by atoms with van der Waals surface area (Å²) in [5, 5.41) is 0. The molecule has 0 aliphatic carbocycles. The van der Waals surface area contributed by atoms with Gasteiger partial charge in [-0.1, -0.05) is 13.8 Å². The molecule has 0 aliphatic rings. The van der Waals surface area contributed by atoms with E-state index < -0.39 is 22.2 Å². The summed E-state index contributed by atoms with van der Waals surface area (Å²) in [6, 6.07) is 0. The number of rotatable bonds is 6. The van der Waals surface area contributed by atoms with Crippen LogP contribution in [-0.4, -0.2) is 23.6 Å². The summed E-state index contributed by atoms with van der Waals surface area (Å²) in [6.45, 7) is 3.28. The van der Waals surface area contributed by atoms with Gasteiger partial charge in [-0.15, -0.1) is 23.5 Å². The van der Waals surface area contributed by atoms with E-state index in [4.69, 9.17) is 0 Å². The van der Waals surface area contributed by atoms with E-state index in [1.54, 1.807) is 13.8 Å². The molecule has 0 heterocycles. The summed E-state index contributed by atoms with van der Waals surface area (Å²) in [7, 11) is 0. The van der Waals surface area contributed by atoms with Crippen LogP contribution in [0, 0.1) is 0 Å². The lowest BCUT2D eigenvalue weighted by atomic mass is 10.3. The Morgan fingerprint density at radius 3 is 1.88 bits per heavy atom. The van der Waals surface area contributed by atoms with Gasteiger partial charge < -0.3 is 0 Å². The number of allylic oxidation sites excluding steroid dienone is 1. The van der Waals surface area contributed by atoms with Gasteiger partial charge in [0.25, 0.3) is 0 Å². The molecule has 17 heavy (non-hydrogen) atoms. The minimum absolute atomic E-state index is 0.230. The van der Waals surface area contributed by atoms with E-state index in [9.17, 15) is 26.3 Å². The first kappa shape index (κ1) is 17.0. The van der Waals surface area contributed by atoms with Crippen molar-refractivity contribution in [1.82, 2.24) is 0 Å². The molecule has 0 aromatic carbocycles. The van der Waals surface area contributed by atoms with Crippen molar-refractivity contribution in [3.8, 4) is 0 Å². The van der Waals surface area contributed by atoms with Gasteiger partial charge in [0.2, 0.25) is 0 Å². The Kier molecular flexibility index (Phi) is 6.83. The third-order valence-electron chi connectivity index (χ3n) is 1.52. The van der Waals surface area contributed by atoms with Crippen LogP contribution in [-0.2, 0) is 0 Å². The molecule has 0 spiro atoms. The quantitative estimate of drug-likeness (QED) is 0.617. The molecule has 0 fully saturated rings. The fraction of sp³-hybridized carbons (Fsp3) is 0.778. The summed E-state index contributed by atoms with van der Waals surface area (Å²) in [4.78, 5) is 0. The Morgan fingerprint density at radius 2 is 1.53 bits per heavy atom. The Morgan fingerprint density at radius 1 is 1.00 bits per heavy atom. The standard InChI is InChI=1S/C9H12F6S2/c1-3-5-17-7(16-4-2)6(10)8(11,12)9(13,14)15/h3-5H2,1-2H3/b7-6-. The molecule has 102 valence electrons. The Hall–Kier alpha value is 0.0200. The highest BCUT2D eigenvalue weighted by molar-refractivity contribution is 8.22. The van der Waals surface area contributed by atoms with E-state index in [1.165, 1.54) is 0 Å². The number of halogens is 6. The van der Waals surface area contributed by atoms with Crippen molar-refractivity contribution in [2.24, 2.45) is 0 Å². The second kappa shape index (κ2) is 6.82. The van der Waals surface area contributed by atoms with Crippen LogP contribution in [0.5, 0.6) is 0 Å². The summed E-state index contributed by atoms with van der Waals surface area (Å²) in [5.74, 6) is -7.28. The second-order valence-electron chi connectivity index (χ2n) is 2.96. The second-order valence-corrected chi connectivity index (χ2v) is 5.59. The minimum atomic E-state index is -5.90. The van der Waals surface area contributed by atoms with E-state index in [0.717, 1.165) is 0 Å². The maximum absolute atomic E-state index is 13.2. The molecule has 0 saturated carbocycles. The highest BCUT2D eigenvalue weighted by atomic mass is 32.2. The average Bonchev–Trinajstić information content (AvgIpc) is 2.21. The lowest BCUT2D eigenvalue weighted by Gasteiger charge is -2.19. The fourth-order valence-corrected chi connectivity index (χ4v) is 2.85. The predicted octanol–water partition coefficient (Wildman–Crippen LogP) is 5.22. The molecule has 0 aromatic heterocycles. The first-order valence-electron chi connectivity index (χ1n) is 4.78. The highest BCUT2D eigenvalue weighted by Gasteiger charge is 2.62. The van der Waals surface area contributed by atoms with Crippen LogP contribution in [0.15, 0.2) is 10.1 Å². The van der Waals surface area contributed by atoms with Crippen molar-refractivity contribution < 1.29 is 26.3 Å². The van der Waals surface area contributed by atoms with Crippen molar-refractivity contribution in [2.75, 3.05) is 11.5 Å². The number of hydrogen-bond acceptors (Lipinski definition) is 2. The smallest absolute Gasteiger partial charge is 0.203 e. The molecule has 0 bridgehead atoms. The first-order valence-corrected chi connectivity index (χ1v) is 6.75. The molecule has 0 saturated heterocycles. The van der Waals surface area contributed by atoms with E-state index >= 15 is 0 Å². The van der Waals surface area contributed by atoms with E-state index in [0.29, 0.717) is 35.7 Å². The topological polar surface area (TPSA) is 0 Å². The molecule has 0 amide bonds. The van der Waals surface area contributed by atoms with Gasteiger partial charge in [-0.05, 0) is 17.9 Å². The summed E-state index contributed by atoms with van der Waals surface area (Å²) >= 11 is 1.34. The molecular formula is C9H12F6S2. The van der Waals surface area contributed by atoms with E-state index in [1.807, 2.05) is 0 Å². The summed E-state index contributed by atoms with van der Waals surface area (Å²) < 4.78 is 74.0. The van der Waals surface area contributed by atoms with Crippen molar-refractivity contribution in [1.29, 1.82) is 0 Å². The maximum atomic E-state index is 13.2. The minimum Gasteiger partial charge on any atom is -0.203 e. The van der Waals surface area contributed by atoms with E-state index in [2.05, 4.69) is 0 Å². The molecular weight excluding hydrogens is 286 g/mol. The average molecular weight is 298 g/mol. The third kappa shape index (κ3) is 4.65. The predicted molar refractivity (Wildman–Crippen MR) is 60.0 cm³/mol. The zero-order valence-corrected chi connectivity index (χ0v) is 10.8. The zero-order chi connectivity index (χ0) is 13.7. The largest absolute Gasteiger partial charge is 0.460 e. The van der Waals surface area contributed by atoms with Gasteiger partial charge in [-0.25, -0.2) is 4.39 Å². The van der Waals surface area contributed by atoms with Gasteiger partial charge in [-0.3, -0.25) is 0 Å². The SMILES string of the molecule is CCCS/C(SCC)=C(\F)C(F)(F)C(F)(F)F. The van der Waals surface area contributed by atoms with Crippen molar-refractivity contribution in [3.05, 3.63) is 10.1 Å². The Labute approximate surface area is 104 Å².